The van der Waals surface area contributed by atoms with Gasteiger partial charge in [0.2, 0.25) is 0 Å². The van der Waals surface area contributed by atoms with Gasteiger partial charge in [-0.1, -0.05) is 24.3 Å². The Morgan fingerprint density at radius 3 is 2.32 bits per heavy atom. The Morgan fingerprint density at radius 1 is 0.964 bits per heavy atom. The molecule has 0 radical (unpaired) electrons. The molecule has 144 valence electrons. The number of rotatable bonds is 5. The van der Waals surface area contributed by atoms with Crippen LogP contribution in [0.3, 0.4) is 0 Å². The highest BCUT2D eigenvalue weighted by molar-refractivity contribution is 6.45. The van der Waals surface area contributed by atoms with Crippen LogP contribution in [-0.4, -0.2) is 36.4 Å². The number of imide groups is 1. The minimum absolute atomic E-state index is 0.235. The lowest BCUT2D eigenvalue weighted by Crippen LogP contribution is -2.34. The standard InChI is InChI=1S/C23H24N2O3/c1-3-28-19-11-9-17(10-12-19)20-21(24-13-4-5-14-24)23(27)25(22(20)26)18-8-6-7-16(2)15-18/h6-12,15H,3-5,13-14H2,1-2H3. The predicted octanol–water partition coefficient (Wildman–Crippen LogP) is 3.77. The summed E-state index contributed by atoms with van der Waals surface area (Å²) in [6.07, 6.45) is 2.07. The van der Waals surface area contributed by atoms with Gasteiger partial charge < -0.3 is 9.64 Å². The number of carbonyl (C=O) groups is 2. The number of aryl methyl sites for hydroxylation is 1. The summed E-state index contributed by atoms with van der Waals surface area (Å²) in [5, 5.41) is 0. The molecule has 5 nitrogen and oxygen atoms in total. The van der Waals surface area contributed by atoms with Crippen LogP contribution in [0.2, 0.25) is 0 Å². The molecule has 28 heavy (non-hydrogen) atoms. The Kier molecular flexibility index (Phi) is 4.90. The Morgan fingerprint density at radius 2 is 1.68 bits per heavy atom. The summed E-state index contributed by atoms with van der Waals surface area (Å²) in [6.45, 7) is 6.07. The van der Waals surface area contributed by atoms with E-state index in [1.807, 2.05) is 62.4 Å². The zero-order valence-corrected chi connectivity index (χ0v) is 16.3. The summed E-state index contributed by atoms with van der Waals surface area (Å²) >= 11 is 0. The average Bonchev–Trinajstić information content (AvgIpc) is 3.29. The molecular weight excluding hydrogens is 352 g/mol. The monoisotopic (exact) mass is 376 g/mol. The zero-order chi connectivity index (χ0) is 19.7. The second-order valence-corrected chi connectivity index (χ2v) is 7.16. The number of anilines is 1. The molecule has 2 aliphatic rings. The molecule has 1 fully saturated rings. The Hall–Kier alpha value is -3.08. The molecule has 1 saturated heterocycles. The van der Waals surface area contributed by atoms with Gasteiger partial charge in [-0.2, -0.15) is 0 Å². The summed E-state index contributed by atoms with van der Waals surface area (Å²) in [5.41, 5.74) is 3.38. The summed E-state index contributed by atoms with van der Waals surface area (Å²) in [5.74, 6) is 0.255. The van der Waals surface area contributed by atoms with Crippen molar-refractivity contribution in [1.29, 1.82) is 0 Å². The molecule has 2 amide bonds. The van der Waals surface area contributed by atoms with Crippen molar-refractivity contribution >= 4 is 23.1 Å². The first-order valence-electron chi connectivity index (χ1n) is 9.78. The van der Waals surface area contributed by atoms with Gasteiger partial charge in [0.1, 0.15) is 11.4 Å². The van der Waals surface area contributed by atoms with Gasteiger partial charge in [0.15, 0.2) is 0 Å². The lowest BCUT2D eigenvalue weighted by atomic mass is 10.0. The first kappa shape index (κ1) is 18.3. The third-order valence-corrected chi connectivity index (χ3v) is 5.20. The third kappa shape index (κ3) is 3.17. The molecule has 0 bridgehead atoms. The molecule has 0 aromatic heterocycles. The first-order chi connectivity index (χ1) is 13.6. The molecular formula is C23H24N2O3. The van der Waals surface area contributed by atoms with Crippen molar-refractivity contribution in [3.63, 3.8) is 0 Å². The highest BCUT2D eigenvalue weighted by Crippen LogP contribution is 2.36. The van der Waals surface area contributed by atoms with Crippen LogP contribution in [0.25, 0.3) is 5.57 Å². The maximum absolute atomic E-state index is 13.4. The van der Waals surface area contributed by atoms with E-state index < -0.39 is 0 Å². The second kappa shape index (κ2) is 7.50. The van der Waals surface area contributed by atoms with Crippen molar-refractivity contribution in [3.8, 4) is 5.75 Å². The fraction of sp³-hybridized carbons (Fsp3) is 0.304. The molecule has 0 atom stereocenters. The summed E-state index contributed by atoms with van der Waals surface area (Å²) in [6, 6.07) is 14.9. The van der Waals surface area contributed by atoms with Gasteiger partial charge in [0.05, 0.1) is 17.9 Å². The van der Waals surface area contributed by atoms with Crippen molar-refractivity contribution in [1.82, 2.24) is 4.90 Å². The number of amides is 2. The molecule has 4 rings (SSSR count). The van der Waals surface area contributed by atoms with Crippen LogP contribution in [0, 0.1) is 6.92 Å². The highest BCUT2D eigenvalue weighted by Gasteiger charge is 2.42. The van der Waals surface area contributed by atoms with Crippen molar-refractivity contribution < 1.29 is 14.3 Å². The normalized spacial score (nSPS) is 17.1. The average molecular weight is 376 g/mol. The largest absolute Gasteiger partial charge is 0.494 e. The van der Waals surface area contributed by atoms with E-state index in [0.29, 0.717) is 23.6 Å². The van der Waals surface area contributed by atoms with E-state index in [2.05, 4.69) is 4.90 Å². The van der Waals surface area contributed by atoms with E-state index in [1.54, 1.807) is 0 Å². The van der Waals surface area contributed by atoms with Gasteiger partial charge in [-0.05, 0) is 62.1 Å². The zero-order valence-electron chi connectivity index (χ0n) is 16.3. The van der Waals surface area contributed by atoms with Crippen LogP contribution in [0.5, 0.6) is 5.75 Å². The van der Waals surface area contributed by atoms with E-state index in [9.17, 15) is 9.59 Å². The molecule has 2 aliphatic heterocycles. The van der Waals surface area contributed by atoms with E-state index in [4.69, 9.17) is 4.74 Å². The Bertz CT molecular complexity index is 941. The van der Waals surface area contributed by atoms with Gasteiger partial charge >= 0.3 is 0 Å². The predicted molar refractivity (Wildman–Crippen MR) is 109 cm³/mol. The van der Waals surface area contributed by atoms with E-state index in [-0.39, 0.29) is 11.8 Å². The van der Waals surface area contributed by atoms with Gasteiger partial charge in [-0.3, -0.25) is 9.59 Å². The van der Waals surface area contributed by atoms with Crippen LogP contribution in [-0.2, 0) is 9.59 Å². The number of likely N-dealkylation sites (tertiary alicyclic amines) is 1. The van der Waals surface area contributed by atoms with Crippen LogP contribution < -0.4 is 9.64 Å². The maximum Gasteiger partial charge on any atom is 0.282 e. The number of benzene rings is 2. The topological polar surface area (TPSA) is 49.9 Å². The second-order valence-electron chi connectivity index (χ2n) is 7.16. The Labute approximate surface area is 165 Å². The molecule has 0 saturated carbocycles. The van der Waals surface area contributed by atoms with Gasteiger partial charge in [0.25, 0.3) is 11.8 Å². The quantitative estimate of drug-likeness (QED) is 0.746. The fourth-order valence-corrected chi connectivity index (χ4v) is 3.90. The minimum atomic E-state index is -0.262. The van der Waals surface area contributed by atoms with Gasteiger partial charge in [-0.15, -0.1) is 0 Å². The van der Waals surface area contributed by atoms with Gasteiger partial charge in [-0.25, -0.2) is 4.90 Å². The van der Waals surface area contributed by atoms with Crippen molar-refractivity contribution in [2.45, 2.75) is 26.7 Å². The van der Waals surface area contributed by atoms with Crippen molar-refractivity contribution in [2.75, 3.05) is 24.6 Å². The summed E-state index contributed by atoms with van der Waals surface area (Å²) in [4.78, 5) is 30.1. The number of carbonyl (C=O) groups excluding carboxylic acids is 2. The number of hydrogen-bond donors (Lipinski definition) is 0. The minimum Gasteiger partial charge on any atom is -0.494 e. The molecule has 5 heteroatoms. The SMILES string of the molecule is CCOc1ccc(C2=C(N3CCCC3)C(=O)N(c3cccc(C)c3)C2=O)cc1. The maximum atomic E-state index is 13.4. The van der Waals surface area contributed by atoms with Crippen LogP contribution in [0.1, 0.15) is 30.9 Å². The van der Waals surface area contributed by atoms with E-state index in [0.717, 1.165) is 42.8 Å². The molecule has 0 spiro atoms. The van der Waals surface area contributed by atoms with Gasteiger partial charge in [0, 0.05) is 13.1 Å². The molecule has 2 aromatic rings. The smallest absolute Gasteiger partial charge is 0.282 e. The lowest BCUT2D eigenvalue weighted by Gasteiger charge is -2.20. The Balaban J connectivity index is 1.79. The van der Waals surface area contributed by atoms with Crippen molar-refractivity contribution in [2.24, 2.45) is 0 Å². The summed E-state index contributed by atoms with van der Waals surface area (Å²) in [7, 11) is 0. The number of ether oxygens (including phenoxy) is 1. The summed E-state index contributed by atoms with van der Waals surface area (Å²) < 4.78 is 5.51. The number of hydrogen-bond acceptors (Lipinski definition) is 4. The van der Waals surface area contributed by atoms with E-state index >= 15 is 0 Å². The molecule has 0 aliphatic carbocycles. The van der Waals surface area contributed by atoms with E-state index in [1.165, 1.54) is 4.90 Å². The fourth-order valence-electron chi connectivity index (χ4n) is 3.90. The number of nitrogens with zero attached hydrogens (tertiary/aromatic N) is 2. The van der Waals surface area contributed by atoms with Crippen LogP contribution >= 0.6 is 0 Å². The molecule has 0 N–H and O–H groups in total. The van der Waals surface area contributed by atoms with Crippen LogP contribution in [0.15, 0.2) is 54.2 Å². The molecule has 2 heterocycles. The lowest BCUT2D eigenvalue weighted by molar-refractivity contribution is -0.120. The molecule has 2 aromatic carbocycles. The molecule has 0 unspecified atom stereocenters. The van der Waals surface area contributed by atoms with Crippen molar-refractivity contribution in [3.05, 3.63) is 65.4 Å². The first-order valence-corrected chi connectivity index (χ1v) is 9.78. The third-order valence-electron chi connectivity index (χ3n) is 5.20. The van der Waals surface area contributed by atoms with Crippen LogP contribution in [0.4, 0.5) is 5.69 Å². The highest BCUT2D eigenvalue weighted by atomic mass is 16.5.